The molecule has 1 aliphatic heterocycles. The maximum absolute atomic E-state index is 6.42. The molecule has 1 aliphatic rings. The van der Waals surface area contributed by atoms with Crippen LogP contribution in [0.3, 0.4) is 0 Å². The normalized spacial score (nSPS) is 26.0. The van der Waals surface area contributed by atoms with Crippen LogP contribution in [-0.2, 0) is 4.74 Å². The Hall–Kier alpha value is -1.58. The first-order chi connectivity index (χ1) is 10.2. The second-order valence-corrected chi connectivity index (χ2v) is 5.94. The Bertz CT molecular complexity index is 640. The zero-order chi connectivity index (χ0) is 14.9. The van der Waals surface area contributed by atoms with Crippen molar-refractivity contribution >= 4 is 10.8 Å². The van der Waals surface area contributed by atoms with Crippen LogP contribution in [0.1, 0.15) is 31.9 Å². The third-order valence-electron chi connectivity index (χ3n) is 4.48. The van der Waals surface area contributed by atoms with Gasteiger partial charge >= 0.3 is 0 Å². The Morgan fingerprint density at radius 2 is 2.10 bits per heavy atom. The van der Waals surface area contributed by atoms with Crippen LogP contribution in [0.25, 0.3) is 10.8 Å². The van der Waals surface area contributed by atoms with Gasteiger partial charge < -0.3 is 14.8 Å². The fourth-order valence-corrected chi connectivity index (χ4v) is 3.05. The van der Waals surface area contributed by atoms with Crippen molar-refractivity contribution in [1.29, 1.82) is 0 Å². The van der Waals surface area contributed by atoms with Crippen molar-refractivity contribution < 1.29 is 9.47 Å². The number of hydrogen-bond donors (Lipinski definition) is 1. The molecule has 3 heteroatoms. The predicted octanol–water partition coefficient (Wildman–Crippen LogP) is 3.68. The zero-order valence-electron chi connectivity index (χ0n) is 13.0. The van der Waals surface area contributed by atoms with E-state index in [0.717, 1.165) is 30.8 Å². The van der Waals surface area contributed by atoms with Gasteiger partial charge in [-0.25, -0.2) is 0 Å². The summed E-state index contributed by atoms with van der Waals surface area (Å²) in [6.07, 6.45) is 1.01. The molecule has 3 nitrogen and oxygen atoms in total. The second kappa shape index (κ2) is 5.66. The van der Waals surface area contributed by atoms with Crippen LogP contribution in [0.15, 0.2) is 36.4 Å². The number of benzene rings is 2. The summed E-state index contributed by atoms with van der Waals surface area (Å²) in [6, 6.07) is 12.6. The minimum atomic E-state index is -0.120. The molecule has 3 rings (SSSR count). The summed E-state index contributed by atoms with van der Waals surface area (Å²) in [4.78, 5) is 0. The molecule has 1 saturated heterocycles. The highest BCUT2D eigenvalue weighted by atomic mass is 16.5. The molecule has 1 heterocycles. The van der Waals surface area contributed by atoms with Gasteiger partial charge in [-0.2, -0.15) is 0 Å². The van der Waals surface area contributed by atoms with Gasteiger partial charge in [-0.3, -0.25) is 0 Å². The Balaban J connectivity index is 2.10. The van der Waals surface area contributed by atoms with E-state index in [0.29, 0.717) is 0 Å². The number of nitrogens with one attached hydrogen (secondary N) is 1. The van der Waals surface area contributed by atoms with Crippen molar-refractivity contribution in [3.8, 4) is 5.75 Å². The average molecular weight is 285 g/mol. The smallest absolute Gasteiger partial charge is 0.125 e. The number of hydrogen-bond acceptors (Lipinski definition) is 3. The van der Waals surface area contributed by atoms with E-state index < -0.39 is 0 Å². The van der Waals surface area contributed by atoms with E-state index in [4.69, 9.17) is 9.47 Å². The molecule has 21 heavy (non-hydrogen) atoms. The van der Waals surface area contributed by atoms with Gasteiger partial charge in [-0.15, -0.1) is 0 Å². The monoisotopic (exact) mass is 285 g/mol. The van der Waals surface area contributed by atoms with Crippen LogP contribution in [0.5, 0.6) is 5.75 Å². The number of rotatable bonds is 3. The SMILES string of the molecule is CCC1(C)CNCC(c2c(OC)ccc3ccccc23)O1. The molecule has 0 bridgehead atoms. The third-order valence-corrected chi connectivity index (χ3v) is 4.48. The van der Waals surface area contributed by atoms with Crippen LogP contribution >= 0.6 is 0 Å². The Kier molecular flexibility index (Phi) is 3.87. The molecule has 2 unspecified atom stereocenters. The van der Waals surface area contributed by atoms with Crippen molar-refractivity contribution in [2.75, 3.05) is 20.2 Å². The minimum Gasteiger partial charge on any atom is -0.496 e. The van der Waals surface area contributed by atoms with Gasteiger partial charge in [0.2, 0.25) is 0 Å². The molecular weight excluding hydrogens is 262 g/mol. The lowest BCUT2D eigenvalue weighted by atomic mass is 9.95. The highest BCUT2D eigenvalue weighted by Crippen LogP contribution is 2.38. The number of fused-ring (bicyclic) bond motifs is 1. The van der Waals surface area contributed by atoms with E-state index in [-0.39, 0.29) is 11.7 Å². The highest BCUT2D eigenvalue weighted by molar-refractivity contribution is 5.88. The van der Waals surface area contributed by atoms with Crippen molar-refractivity contribution in [2.24, 2.45) is 0 Å². The molecule has 0 aliphatic carbocycles. The topological polar surface area (TPSA) is 30.5 Å². The summed E-state index contributed by atoms with van der Waals surface area (Å²) in [7, 11) is 1.73. The quantitative estimate of drug-likeness (QED) is 0.933. The van der Waals surface area contributed by atoms with Gasteiger partial charge in [0.25, 0.3) is 0 Å². The van der Waals surface area contributed by atoms with Crippen LogP contribution < -0.4 is 10.1 Å². The van der Waals surface area contributed by atoms with Gasteiger partial charge in [-0.05, 0) is 30.2 Å². The summed E-state index contributed by atoms with van der Waals surface area (Å²) in [5, 5.41) is 5.95. The van der Waals surface area contributed by atoms with Crippen molar-refractivity contribution in [3.63, 3.8) is 0 Å². The molecule has 112 valence electrons. The maximum Gasteiger partial charge on any atom is 0.125 e. The van der Waals surface area contributed by atoms with Crippen molar-refractivity contribution in [2.45, 2.75) is 32.0 Å². The molecule has 0 aromatic heterocycles. The van der Waals surface area contributed by atoms with E-state index in [9.17, 15) is 0 Å². The lowest BCUT2D eigenvalue weighted by Crippen LogP contribution is -2.48. The first kappa shape index (κ1) is 14.4. The second-order valence-electron chi connectivity index (χ2n) is 5.94. The maximum atomic E-state index is 6.42. The van der Waals surface area contributed by atoms with E-state index >= 15 is 0 Å². The molecule has 2 aromatic carbocycles. The summed E-state index contributed by atoms with van der Waals surface area (Å²) in [5.74, 6) is 0.904. The van der Waals surface area contributed by atoms with Crippen LogP contribution in [0.2, 0.25) is 0 Å². The molecule has 0 saturated carbocycles. The Morgan fingerprint density at radius 1 is 1.29 bits per heavy atom. The highest BCUT2D eigenvalue weighted by Gasteiger charge is 2.33. The van der Waals surface area contributed by atoms with E-state index in [1.165, 1.54) is 10.8 Å². The molecular formula is C18H23NO2. The van der Waals surface area contributed by atoms with Crippen molar-refractivity contribution in [3.05, 3.63) is 42.0 Å². The van der Waals surface area contributed by atoms with Crippen LogP contribution in [0.4, 0.5) is 0 Å². The first-order valence-electron chi connectivity index (χ1n) is 7.61. The molecule has 1 N–H and O–H groups in total. The van der Waals surface area contributed by atoms with E-state index in [1.54, 1.807) is 7.11 Å². The molecule has 0 spiro atoms. The predicted molar refractivity (Wildman–Crippen MR) is 85.9 cm³/mol. The fraction of sp³-hybridized carbons (Fsp3) is 0.444. The Labute approximate surface area is 126 Å². The summed E-state index contributed by atoms with van der Waals surface area (Å²) in [5.41, 5.74) is 1.03. The molecule has 2 atom stereocenters. The standard InChI is InChI=1S/C18H23NO2/c1-4-18(2)12-19-11-16(21-18)17-14-8-6-5-7-13(14)9-10-15(17)20-3/h5-10,16,19H,4,11-12H2,1-3H3. The number of methoxy groups -OCH3 is 1. The summed E-state index contributed by atoms with van der Waals surface area (Å²) < 4.78 is 12.0. The van der Waals surface area contributed by atoms with Gasteiger partial charge in [0.15, 0.2) is 0 Å². The average Bonchev–Trinajstić information content (AvgIpc) is 2.53. The van der Waals surface area contributed by atoms with Crippen LogP contribution in [-0.4, -0.2) is 25.8 Å². The summed E-state index contributed by atoms with van der Waals surface area (Å²) >= 11 is 0. The van der Waals surface area contributed by atoms with Crippen LogP contribution in [0, 0.1) is 0 Å². The van der Waals surface area contributed by atoms with Gasteiger partial charge in [0.1, 0.15) is 5.75 Å². The number of morpholine rings is 1. The van der Waals surface area contributed by atoms with Gasteiger partial charge in [0.05, 0.1) is 18.8 Å². The largest absolute Gasteiger partial charge is 0.496 e. The molecule has 0 radical (unpaired) electrons. The first-order valence-corrected chi connectivity index (χ1v) is 7.61. The third kappa shape index (κ3) is 2.63. The van der Waals surface area contributed by atoms with E-state index in [1.807, 2.05) is 6.07 Å². The molecule has 2 aromatic rings. The summed E-state index contributed by atoms with van der Waals surface area (Å²) in [6.45, 7) is 6.06. The molecule has 1 fully saturated rings. The van der Waals surface area contributed by atoms with Gasteiger partial charge in [-0.1, -0.05) is 37.3 Å². The lowest BCUT2D eigenvalue weighted by Gasteiger charge is -2.39. The minimum absolute atomic E-state index is 0.0183. The number of ether oxygens (including phenoxy) is 2. The fourth-order valence-electron chi connectivity index (χ4n) is 3.05. The zero-order valence-corrected chi connectivity index (χ0v) is 13.0. The van der Waals surface area contributed by atoms with Crippen molar-refractivity contribution in [1.82, 2.24) is 5.32 Å². The van der Waals surface area contributed by atoms with Gasteiger partial charge in [0, 0.05) is 18.7 Å². The lowest BCUT2D eigenvalue weighted by molar-refractivity contribution is -0.109. The van der Waals surface area contributed by atoms with E-state index in [2.05, 4.69) is 49.5 Å². The molecule has 0 amide bonds. The Morgan fingerprint density at radius 3 is 2.86 bits per heavy atom.